The Kier molecular flexibility index (Phi) is 6.07. The van der Waals surface area contributed by atoms with Crippen LogP contribution in [0.4, 0.5) is 5.69 Å². The maximum atomic E-state index is 13.0. The van der Waals surface area contributed by atoms with Crippen molar-refractivity contribution in [1.29, 1.82) is 0 Å². The van der Waals surface area contributed by atoms with Crippen molar-refractivity contribution in [3.63, 3.8) is 0 Å². The van der Waals surface area contributed by atoms with Gasteiger partial charge < -0.3 is 20.7 Å². The van der Waals surface area contributed by atoms with Crippen molar-refractivity contribution in [2.24, 2.45) is 0 Å². The molecule has 10 nitrogen and oxygen atoms in total. The van der Waals surface area contributed by atoms with Crippen molar-refractivity contribution in [3.8, 4) is 5.75 Å². The first-order valence-electron chi connectivity index (χ1n) is 11.4. The second-order valence-corrected chi connectivity index (χ2v) is 8.58. The maximum Gasteiger partial charge on any atom is 0.270 e. The van der Waals surface area contributed by atoms with Crippen LogP contribution in [0.2, 0.25) is 0 Å². The molecule has 0 fully saturated rings. The first kappa shape index (κ1) is 23.0. The zero-order chi connectivity index (χ0) is 25.2. The highest BCUT2D eigenvalue weighted by molar-refractivity contribution is 5.98. The number of anilines is 1. The van der Waals surface area contributed by atoms with Gasteiger partial charge in [-0.3, -0.25) is 14.4 Å². The number of nitrogens with zero attached hydrogens (tertiary/aromatic N) is 3. The Balaban J connectivity index is 1.31. The molecule has 0 radical (unpaired) electrons. The number of aryl methyl sites for hydroxylation is 2. The Hall–Kier alpha value is -4.73. The van der Waals surface area contributed by atoms with E-state index < -0.39 is 5.91 Å². The minimum Gasteiger partial charge on any atom is -0.482 e. The van der Waals surface area contributed by atoms with Gasteiger partial charge in [0.05, 0.1) is 11.9 Å². The summed E-state index contributed by atoms with van der Waals surface area (Å²) in [6.45, 7) is 4.57. The molecule has 0 spiro atoms. The van der Waals surface area contributed by atoms with Crippen molar-refractivity contribution in [1.82, 2.24) is 25.2 Å². The van der Waals surface area contributed by atoms with Crippen molar-refractivity contribution in [3.05, 3.63) is 88.4 Å². The summed E-state index contributed by atoms with van der Waals surface area (Å²) in [5, 5.41) is 12.6. The third kappa shape index (κ3) is 4.74. The molecule has 0 aliphatic carbocycles. The highest BCUT2D eigenvalue weighted by Gasteiger charge is 2.19. The van der Waals surface area contributed by atoms with E-state index in [4.69, 9.17) is 4.74 Å². The molecule has 0 unspecified atom stereocenters. The lowest BCUT2D eigenvalue weighted by Gasteiger charge is -2.18. The summed E-state index contributed by atoms with van der Waals surface area (Å²) in [7, 11) is 0. The number of ether oxygens (including phenoxy) is 1. The van der Waals surface area contributed by atoms with Gasteiger partial charge in [-0.05, 0) is 48.2 Å². The van der Waals surface area contributed by atoms with Crippen LogP contribution in [0.3, 0.4) is 0 Å². The highest BCUT2D eigenvalue weighted by Crippen LogP contribution is 2.28. The third-order valence-corrected chi connectivity index (χ3v) is 5.98. The average molecular weight is 485 g/mol. The topological polar surface area (TPSA) is 127 Å². The average Bonchev–Trinajstić information content (AvgIpc) is 3.35. The lowest BCUT2D eigenvalue weighted by Crippen LogP contribution is -2.28. The Morgan fingerprint density at radius 3 is 2.53 bits per heavy atom. The molecule has 2 aromatic carbocycles. The Morgan fingerprint density at radius 2 is 1.72 bits per heavy atom. The Morgan fingerprint density at radius 1 is 0.972 bits per heavy atom. The molecule has 3 amide bonds. The van der Waals surface area contributed by atoms with E-state index in [0.717, 1.165) is 16.7 Å². The van der Waals surface area contributed by atoms with Crippen LogP contribution in [-0.4, -0.2) is 38.9 Å². The van der Waals surface area contributed by atoms with E-state index in [0.29, 0.717) is 23.6 Å². The zero-order valence-corrected chi connectivity index (χ0v) is 19.8. The van der Waals surface area contributed by atoms with E-state index in [-0.39, 0.29) is 36.4 Å². The molecule has 2 aromatic heterocycles. The summed E-state index contributed by atoms with van der Waals surface area (Å²) in [6, 6.07) is 14.3. The minimum absolute atomic E-state index is 0.0214. The second kappa shape index (κ2) is 9.49. The predicted molar refractivity (Wildman–Crippen MR) is 132 cm³/mol. The molecule has 0 atom stereocenters. The lowest BCUT2D eigenvalue weighted by molar-refractivity contribution is -0.118. The summed E-state index contributed by atoms with van der Waals surface area (Å²) in [5.41, 5.74) is 5.30. The predicted octanol–water partition coefficient (Wildman–Crippen LogP) is 2.54. The van der Waals surface area contributed by atoms with Crippen LogP contribution in [0.15, 0.2) is 54.7 Å². The molecule has 5 rings (SSSR count). The maximum absolute atomic E-state index is 13.0. The molecular formula is C26H24N6O4. The molecule has 10 heteroatoms. The fourth-order valence-corrected chi connectivity index (χ4v) is 3.89. The van der Waals surface area contributed by atoms with Crippen LogP contribution < -0.4 is 20.7 Å². The third-order valence-electron chi connectivity index (χ3n) is 5.98. The van der Waals surface area contributed by atoms with Crippen LogP contribution in [0.1, 0.15) is 43.2 Å². The minimum atomic E-state index is -0.445. The van der Waals surface area contributed by atoms with Crippen molar-refractivity contribution < 1.29 is 19.1 Å². The van der Waals surface area contributed by atoms with Crippen LogP contribution in [0.25, 0.3) is 5.65 Å². The van der Waals surface area contributed by atoms with Crippen LogP contribution in [0.5, 0.6) is 5.75 Å². The zero-order valence-electron chi connectivity index (χ0n) is 19.8. The number of rotatable bonds is 6. The standard InChI is InChI=1S/C26H24N6O4/c1-15-3-4-17(9-16(15)2)12-28-26(35)21-11-20(30-23-7-8-29-32(21)23)25(34)27-13-18-5-6-22-19(10-18)31-24(33)14-36-22/h3-11H,12-14H2,1-2H3,(H,27,34)(H,28,35)(H,31,33). The summed E-state index contributed by atoms with van der Waals surface area (Å²) in [5.74, 6) is -0.469. The largest absolute Gasteiger partial charge is 0.482 e. The fourth-order valence-electron chi connectivity index (χ4n) is 3.89. The summed E-state index contributed by atoms with van der Waals surface area (Å²) in [6.07, 6.45) is 1.52. The molecule has 3 heterocycles. The van der Waals surface area contributed by atoms with E-state index >= 15 is 0 Å². The first-order chi connectivity index (χ1) is 17.4. The quantitative estimate of drug-likeness (QED) is 0.386. The number of fused-ring (bicyclic) bond motifs is 2. The van der Waals surface area contributed by atoms with Gasteiger partial charge in [-0.1, -0.05) is 24.3 Å². The Bertz CT molecular complexity index is 1510. The van der Waals surface area contributed by atoms with Crippen molar-refractivity contribution in [2.75, 3.05) is 11.9 Å². The van der Waals surface area contributed by atoms with E-state index in [2.05, 4.69) is 26.0 Å². The van der Waals surface area contributed by atoms with Crippen molar-refractivity contribution >= 4 is 29.1 Å². The fraction of sp³-hybridized carbons (Fsp3) is 0.192. The number of carbonyl (C=O) groups excluding carboxylic acids is 3. The second-order valence-electron chi connectivity index (χ2n) is 8.58. The van der Waals surface area contributed by atoms with Gasteiger partial charge in [0.15, 0.2) is 12.3 Å². The number of benzene rings is 2. The smallest absolute Gasteiger partial charge is 0.270 e. The first-order valence-corrected chi connectivity index (χ1v) is 11.4. The molecule has 36 heavy (non-hydrogen) atoms. The number of carbonyl (C=O) groups is 3. The number of nitrogens with one attached hydrogen (secondary N) is 3. The number of aromatic nitrogens is 3. The summed E-state index contributed by atoms with van der Waals surface area (Å²) >= 11 is 0. The van der Waals surface area contributed by atoms with Gasteiger partial charge in [-0.2, -0.15) is 5.10 Å². The molecule has 1 aliphatic rings. The molecule has 3 N–H and O–H groups in total. The summed E-state index contributed by atoms with van der Waals surface area (Å²) in [4.78, 5) is 41.8. The van der Waals surface area contributed by atoms with Gasteiger partial charge in [0.2, 0.25) is 0 Å². The molecule has 4 aromatic rings. The van der Waals surface area contributed by atoms with Gasteiger partial charge in [-0.25, -0.2) is 9.50 Å². The van der Waals surface area contributed by atoms with Gasteiger partial charge in [0, 0.05) is 25.2 Å². The van der Waals surface area contributed by atoms with Gasteiger partial charge in [0.1, 0.15) is 17.1 Å². The molecule has 0 bridgehead atoms. The summed E-state index contributed by atoms with van der Waals surface area (Å²) < 4.78 is 6.76. The molecule has 0 saturated heterocycles. The highest BCUT2D eigenvalue weighted by atomic mass is 16.5. The normalized spacial score (nSPS) is 12.4. The van der Waals surface area contributed by atoms with Crippen LogP contribution >= 0.6 is 0 Å². The molecular weight excluding hydrogens is 460 g/mol. The SMILES string of the molecule is Cc1ccc(CNC(=O)c2cc(C(=O)NCc3ccc4c(c3)NC(=O)CO4)nc3ccnn23)cc1C. The van der Waals surface area contributed by atoms with E-state index in [9.17, 15) is 14.4 Å². The Labute approximate surface area is 206 Å². The molecule has 1 aliphatic heterocycles. The van der Waals surface area contributed by atoms with E-state index in [1.165, 1.54) is 22.3 Å². The number of hydrogen-bond donors (Lipinski definition) is 3. The van der Waals surface area contributed by atoms with Gasteiger partial charge in [-0.15, -0.1) is 0 Å². The molecule has 0 saturated carbocycles. The van der Waals surface area contributed by atoms with Crippen LogP contribution in [-0.2, 0) is 17.9 Å². The van der Waals surface area contributed by atoms with Crippen molar-refractivity contribution in [2.45, 2.75) is 26.9 Å². The monoisotopic (exact) mass is 484 g/mol. The number of hydrogen-bond acceptors (Lipinski definition) is 6. The van der Waals surface area contributed by atoms with Crippen LogP contribution in [0, 0.1) is 13.8 Å². The van der Waals surface area contributed by atoms with E-state index in [1.807, 2.05) is 32.0 Å². The number of amides is 3. The van der Waals surface area contributed by atoms with E-state index in [1.54, 1.807) is 24.3 Å². The van der Waals surface area contributed by atoms with Gasteiger partial charge >= 0.3 is 0 Å². The lowest BCUT2D eigenvalue weighted by atomic mass is 10.1. The molecule has 182 valence electrons. The van der Waals surface area contributed by atoms with Gasteiger partial charge in [0.25, 0.3) is 17.7 Å².